The van der Waals surface area contributed by atoms with Crippen LogP contribution in [0.5, 0.6) is 0 Å². The van der Waals surface area contributed by atoms with Crippen molar-refractivity contribution in [2.24, 2.45) is 0 Å². The molecule has 0 aliphatic rings. The minimum absolute atomic E-state index is 0.141. The Morgan fingerprint density at radius 1 is 0.914 bits per heavy atom. The van der Waals surface area contributed by atoms with Crippen molar-refractivity contribution in [3.05, 3.63) is 92.4 Å². The van der Waals surface area contributed by atoms with Gasteiger partial charge in [0.25, 0.3) is 15.7 Å². The normalized spacial score (nSPS) is 11.8. The lowest BCUT2D eigenvalue weighted by molar-refractivity contribution is 0.483. The van der Waals surface area contributed by atoms with Crippen LogP contribution in [0.15, 0.2) is 69.1 Å². The average molecular weight is 497 g/mol. The molecule has 0 spiro atoms. The highest BCUT2D eigenvalue weighted by Crippen LogP contribution is 2.14. The summed E-state index contributed by atoms with van der Waals surface area (Å²) in [5.41, 5.74) is 1.97. The SMILES string of the molecule is CCCn1c(=O)c2[nH]c(Cc3ccccc3)nc2n(CCCCc2ccc(S(=O)(=O)O)cc2)c1=O. The molecular weight excluding hydrogens is 468 g/mol. The summed E-state index contributed by atoms with van der Waals surface area (Å²) >= 11 is 0. The Hall–Kier alpha value is -3.50. The van der Waals surface area contributed by atoms with Gasteiger partial charge in [-0.15, -0.1) is 0 Å². The van der Waals surface area contributed by atoms with Gasteiger partial charge in [0.1, 0.15) is 11.3 Å². The molecule has 0 fully saturated rings. The van der Waals surface area contributed by atoms with Crippen LogP contribution in [0, 0.1) is 0 Å². The van der Waals surface area contributed by atoms with Gasteiger partial charge in [-0.1, -0.05) is 49.4 Å². The summed E-state index contributed by atoms with van der Waals surface area (Å²) in [7, 11) is -4.21. The molecule has 0 amide bonds. The van der Waals surface area contributed by atoms with Gasteiger partial charge in [-0.2, -0.15) is 8.42 Å². The lowest BCUT2D eigenvalue weighted by Gasteiger charge is -2.10. The van der Waals surface area contributed by atoms with Crippen molar-refractivity contribution in [3.63, 3.8) is 0 Å². The van der Waals surface area contributed by atoms with Crippen LogP contribution >= 0.6 is 0 Å². The molecule has 0 unspecified atom stereocenters. The van der Waals surface area contributed by atoms with Crippen molar-refractivity contribution in [1.29, 1.82) is 0 Å². The summed E-state index contributed by atoms with van der Waals surface area (Å²) in [6, 6.07) is 15.9. The molecule has 0 saturated carbocycles. The number of H-pyrrole nitrogens is 1. The van der Waals surface area contributed by atoms with E-state index in [4.69, 9.17) is 4.55 Å². The highest BCUT2D eigenvalue weighted by molar-refractivity contribution is 7.85. The Morgan fingerprint density at radius 2 is 1.63 bits per heavy atom. The molecule has 0 bridgehead atoms. The predicted octanol–water partition coefficient (Wildman–Crippen LogP) is 3.16. The van der Waals surface area contributed by atoms with E-state index in [0.717, 1.165) is 17.5 Å². The van der Waals surface area contributed by atoms with E-state index in [1.807, 2.05) is 37.3 Å². The quantitative estimate of drug-likeness (QED) is 0.256. The largest absolute Gasteiger partial charge is 0.336 e. The smallest absolute Gasteiger partial charge is 0.332 e. The van der Waals surface area contributed by atoms with Gasteiger partial charge in [0.2, 0.25) is 0 Å². The van der Waals surface area contributed by atoms with Gasteiger partial charge in [0.05, 0.1) is 4.90 Å². The summed E-state index contributed by atoms with van der Waals surface area (Å²) in [5, 5.41) is 0. The first-order valence-electron chi connectivity index (χ1n) is 11.6. The van der Waals surface area contributed by atoms with Gasteiger partial charge in [0, 0.05) is 19.5 Å². The molecule has 9 nitrogen and oxygen atoms in total. The van der Waals surface area contributed by atoms with Gasteiger partial charge in [-0.3, -0.25) is 18.5 Å². The Kier molecular flexibility index (Phi) is 7.32. The Balaban J connectivity index is 1.55. The molecule has 0 saturated heterocycles. The lowest BCUT2D eigenvalue weighted by Crippen LogP contribution is -2.40. The zero-order chi connectivity index (χ0) is 25.0. The van der Waals surface area contributed by atoms with Crippen molar-refractivity contribution >= 4 is 21.3 Å². The number of imidazole rings is 1. The minimum atomic E-state index is -4.21. The molecule has 0 atom stereocenters. The Morgan fingerprint density at radius 3 is 2.29 bits per heavy atom. The molecule has 2 heterocycles. The van der Waals surface area contributed by atoms with Gasteiger partial charge in [0.15, 0.2) is 5.65 Å². The maximum absolute atomic E-state index is 13.1. The molecular formula is C25H28N4O5S. The number of aromatic amines is 1. The number of fused-ring (bicyclic) bond motifs is 1. The first-order valence-corrected chi connectivity index (χ1v) is 13.0. The lowest BCUT2D eigenvalue weighted by atomic mass is 10.1. The molecule has 10 heteroatoms. The number of hydrogen-bond donors (Lipinski definition) is 2. The van der Waals surface area contributed by atoms with Crippen LogP contribution in [0.2, 0.25) is 0 Å². The number of nitrogens with one attached hydrogen (secondary N) is 1. The molecule has 184 valence electrons. The van der Waals surface area contributed by atoms with E-state index in [1.54, 1.807) is 16.7 Å². The summed E-state index contributed by atoms with van der Waals surface area (Å²) in [5.74, 6) is 0.629. The fourth-order valence-electron chi connectivity index (χ4n) is 4.14. The van der Waals surface area contributed by atoms with Crippen LogP contribution in [0.4, 0.5) is 0 Å². The van der Waals surface area contributed by atoms with E-state index >= 15 is 0 Å². The van der Waals surface area contributed by atoms with E-state index in [0.29, 0.717) is 55.8 Å². The van der Waals surface area contributed by atoms with Gasteiger partial charge < -0.3 is 4.98 Å². The second-order valence-corrected chi connectivity index (χ2v) is 9.93. The number of hydrogen-bond acceptors (Lipinski definition) is 5. The van der Waals surface area contributed by atoms with E-state index in [2.05, 4.69) is 9.97 Å². The number of rotatable bonds is 10. The summed E-state index contributed by atoms with van der Waals surface area (Å²) in [4.78, 5) is 33.7. The van der Waals surface area contributed by atoms with Crippen molar-refractivity contribution in [2.45, 2.75) is 57.0 Å². The van der Waals surface area contributed by atoms with Gasteiger partial charge in [-0.25, -0.2) is 9.78 Å². The molecule has 35 heavy (non-hydrogen) atoms. The third-order valence-electron chi connectivity index (χ3n) is 5.89. The third kappa shape index (κ3) is 5.60. The average Bonchev–Trinajstić information content (AvgIpc) is 3.25. The fourth-order valence-corrected chi connectivity index (χ4v) is 4.62. The molecule has 4 aromatic rings. The second kappa shape index (κ2) is 10.4. The standard InChI is InChI=1S/C25H28N4O5S/c1-2-15-29-24(30)22-23(27-21(26-22)17-19-9-4-3-5-10-19)28(25(29)31)16-7-6-8-18-11-13-20(14-12-18)35(32,33)34/h3-5,9-14H,2,6-8,15-17H2,1H3,(H,26,27)(H,32,33,34). The van der Waals surface area contributed by atoms with Crippen LogP contribution in [-0.4, -0.2) is 32.1 Å². The fraction of sp³-hybridized carbons (Fsp3) is 0.320. The Bertz CT molecular complexity index is 1540. The number of benzene rings is 2. The number of aryl methyl sites for hydroxylation is 2. The third-order valence-corrected chi connectivity index (χ3v) is 6.76. The van der Waals surface area contributed by atoms with Crippen LogP contribution in [0.3, 0.4) is 0 Å². The molecule has 0 radical (unpaired) electrons. The number of nitrogens with zero attached hydrogens (tertiary/aromatic N) is 3. The van der Waals surface area contributed by atoms with Crippen LogP contribution in [0.1, 0.15) is 43.1 Å². The monoisotopic (exact) mass is 496 g/mol. The van der Waals surface area contributed by atoms with Crippen molar-refractivity contribution in [1.82, 2.24) is 19.1 Å². The molecule has 0 aliphatic carbocycles. The maximum atomic E-state index is 13.1. The van der Waals surface area contributed by atoms with E-state index in [-0.39, 0.29) is 16.1 Å². The zero-order valence-electron chi connectivity index (χ0n) is 19.5. The second-order valence-electron chi connectivity index (χ2n) is 8.51. The highest BCUT2D eigenvalue weighted by Gasteiger charge is 2.17. The first kappa shape index (κ1) is 24.6. The number of aromatic nitrogens is 4. The van der Waals surface area contributed by atoms with Crippen LogP contribution < -0.4 is 11.2 Å². The summed E-state index contributed by atoms with van der Waals surface area (Å²) in [6.07, 6.45) is 3.27. The van der Waals surface area contributed by atoms with Gasteiger partial charge >= 0.3 is 5.69 Å². The molecule has 0 aliphatic heterocycles. The topological polar surface area (TPSA) is 127 Å². The Labute approximate surface area is 202 Å². The molecule has 2 aromatic heterocycles. The highest BCUT2D eigenvalue weighted by atomic mass is 32.2. The first-order chi connectivity index (χ1) is 16.8. The van der Waals surface area contributed by atoms with Gasteiger partial charge in [-0.05, 0) is 48.9 Å². The van der Waals surface area contributed by atoms with Crippen molar-refractivity contribution < 1.29 is 13.0 Å². The zero-order valence-corrected chi connectivity index (χ0v) is 20.3. The summed E-state index contributed by atoms with van der Waals surface area (Å²) in [6.45, 7) is 2.65. The minimum Gasteiger partial charge on any atom is -0.336 e. The van der Waals surface area contributed by atoms with Crippen molar-refractivity contribution in [2.75, 3.05) is 0 Å². The van der Waals surface area contributed by atoms with E-state index in [1.165, 1.54) is 16.7 Å². The van der Waals surface area contributed by atoms with Crippen LogP contribution in [-0.2, 0) is 36.0 Å². The van der Waals surface area contributed by atoms with Crippen LogP contribution in [0.25, 0.3) is 11.2 Å². The van der Waals surface area contributed by atoms with E-state index < -0.39 is 10.1 Å². The molecule has 2 N–H and O–H groups in total. The molecule has 4 rings (SSSR count). The van der Waals surface area contributed by atoms with Crippen molar-refractivity contribution in [3.8, 4) is 0 Å². The predicted molar refractivity (Wildman–Crippen MR) is 133 cm³/mol. The maximum Gasteiger partial charge on any atom is 0.332 e. The molecule has 2 aromatic carbocycles. The van der Waals surface area contributed by atoms with E-state index in [9.17, 15) is 18.0 Å². The number of unbranched alkanes of at least 4 members (excludes halogenated alkanes) is 1. The summed E-state index contributed by atoms with van der Waals surface area (Å²) < 4.78 is 34.3.